The number of benzene rings is 2. The van der Waals surface area contributed by atoms with Crippen LogP contribution >= 0.6 is 0 Å². The molecule has 1 amide bonds. The first-order valence-electron chi connectivity index (χ1n) is 10.0. The van der Waals surface area contributed by atoms with Gasteiger partial charge in [0, 0.05) is 46.5 Å². The SMILES string of the molecule is CCOC(=O)Nc1ccc2c(COC(=O)/C=C/c3ccc(OC)cc3OC)cc(=O)oc2c1. The summed E-state index contributed by atoms with van der Waals surface area (Å²) in [5.41, 5.74) is 1.16. The van der Waals surface area contributed by atoms with Crippen LogP contribution in [0, 0.1) is 0 Å². The van der Waals surface area contributed by atoms with Crippen LogP contribution in [0.1, 0.15) is 18.1 Å². The van der Waals surface area contributed by atoms with Crippen LogP contribution in [0.3, 0.4) is 0 Å². The minimum Gasteiger partial charge on any atom is -0.497 e. The third-order valence-electron chi connectivity index (χ3n) is 4.56. The molecule has 9 nitrogen and oxygen atoms in total. The van der Waals surface area contributed by atoms with Gasteiger partial charge in [-0.25, -0.2) is 14.4 Å². The molecule has 3 rings (SSSR count). The van der Waals surface area contributed by atoms with E-state index in [2.05, 4.69) is 5.32 Å². The largest absolute Gasteiger partial charge is 0.497 e. The number of carbonyl (C=O) groups is 2. The summed E-state index contributed by atoms with van der Waals surface area (Å²) in [6, 6.07) is 11.2. The molecule has 0 radical (unpaired) electrons. The van der Waals surface area contributed by atoms with Gasteiger partial charge in [0.2, 0.25) is 0 Å². The second-order valence-corrected chi connectivity index (χ2v) is 6.70. The summed E-state index contributed by atoms with van der Waals surface area (Å²) in [5, 5.41) is 3.10. The van der Waals surface area contributed by atoms with Crippen LogP contribution in [0.5, 0.6) is 11.5 Å². The van der Waals surface area contributed by atoms with Crippen molar-refractivity contribution in [1.82, 2.24) is 0 Å². The van der Waals surface area contributed by atoms with E-state index in [0.29, 0.717) is 33.7 Å². The maximum Gasteiger partial charge on any atom is 0.411 e. The molecule has 0 aliphatic carbocycles. The molecule has 0 saturated heterocycles. The molecular weight excluding hydrogens is 430 g/mol. The molecule has 33 heavy (non-hydrogen) atoms. The number of rotatable bonds is 8. The van der Waals surface area contributed by atoms with Crippen molar-refractivity contribution in [2.45, 2.75) is 13.5 Å². The Bertz CT molecular complexity index is 1240. The first-order chi connectivity index (χ1) is 15.9. The van der Waals surface area contributed by atoms with Gasteiger partial charge in [0.15, 0.2) is 0 Å². The first kappa shape index (κ1) is 23.4. The minimum atomic E-state index is -0.621. The highest BCUT2D eigenvalue weighted by atomic mass is 16.5. The van der Waals surface area contributed by atoms with E-state index in [1.54, 1.807) is 50.4 Å². The topological polar surface area (TPSA) is 113 Å². The van der Waals surface area contributed by atoms with Crippen molar-refractivity contribution in [3.8, 4) is 11.5 Å². The fraction of sp³-hybridized carbons (Fsp3) is 0.208. The number of nitrogens with one attached hydrogen (secondary N) is 1. The molecular formula is C24H23NO8. The number of methoxy groups -OCH3 is 2. The van der Waals surface area contributed by atoms with Gasteiger partial charge in [-0.1, -0.05) is 0 Å². The van der Waals surface area contributed by atoms with E-state index in [-0.39, 0.29) is 18.8 Å². The van der Waals surface area contributed by atoms with Gasteiger partial charge in [0.1, 0.15) is 23.7 Å². The Labute approximate surface area is 189 Å². The summed E-state index contributed by atoms with van der Waals surface area (Å²) in [6.07, 6.45) is 2.20. The third kappa shape index (κ3) is 6.13. The van der Waals surface area contributed by atoms with E-state index >= 15 is 0 Å². The van der Waals surface area contributed by atoms with Crippen molar-refractivity contribution in [2.24, 2.45) is 0 Å². The number of anilines is 1. The van der Waals surface area contributed by atoms with E-state index in [1.807, 2.05) is 0 Å². The summed E-state index contributed by atoms with van der Waals surface area (Å²) in [7, 11) is 3.07. The lowest BCUT2D eigenvalue weighted by Crippen LogP contribution is -2.13. The van der Waals surface area contributed by atoms with Crippen LogP contribution in [0.15, 0.2) is 57.8 Å². The van der Waals surface area contributed by atoms with Crippen molar-refractivity contribution >= 4 is 34.8 Å². The van der Waals surface area contributed by atoms with Crippen LogP contribution in [-0.4, -0.2) is 32.9 Å². The number of carbonyl (C=O) groups excluding carboxylic acids is 2. The van der Waals surface area contributed by atoms with E-state index in [1.165, 1.54) is 25.3 Å². The quantitative estimate of drug-likeness (QED) is 0.308. The van der Waals surface area contributed by atoms with Gasteiger partial charge in [-0.2, -0.15) is 0 Å². The molecule has 0 unspecified atom stereocenters. The van der Waals surface area contributed by atoms with Crippen LogP contribution < -0.4 is 20.4 Å². The zero-order chi connectivity index (χ0) is 23.8. The van der Waals surface area contributed by atoms with Crippen LogP contribution in [0.4, 0.5) is 10.5 Å². The molecule has 9 heteroatoms. The Balaban J connectivity index is 1.73. The molecule has 3 aromatic rings. The Morgan fingerprint density at radius 3 is 2.58 bits per heavy atom. The standard InChI is InChI=1S/C24H23NO8/c1-4-31-24(28)25-17-7-9-19-16(11-23(27)33-21(19)12-17)14-32-22(26)10-6-15-5-8-18(29-2)13-20(15)30-3/h5-13H,4,14H2,1-3H3,(H,25,28)/b10-6+. The lowest BCUT2D eigenvalue weighted by molar-refractivity contribution is -0.138. The van der Waals surface area contributed by atoms with E-state index in [9.17, 15) is 14.4 Å². The second-order valence-electron chi connectivity index (χ2n) is 6.70. The monoisotopic (exact) mass is 453 g/mol. The predicted octanol–water partition coefficient (Wildman–Crippen LogP) is 4.14. The zero-order valence-corrected chi connectivity index (χ0v) is 18.4. The highest BCUT2D eigenvalue weighted by Gasteiger charge is 2.11. The molecule has 0 bridgehead atoms. The van der Waals surface area contributed by atoms with Gasteiger partial charge >= 0.3 is 17.7 Å². The molecule has 1 N–H and O–H groups in total. The molecule has 0 aliphatic rings. The van der Waals surface area contributed by atoms with Gasteiger partial charge in [-0.15, -0.1) is 0 Å². The fourth-order valence-electron chi connectivity index (χ4n) is 3.02. The predicted molar refractivity (Wildman–Crippen MR) is 122 cm³/mol. The molecule has 2 aromatic carbocycles. The first-order valence-corrected chi connectivity index (χ1v) is 10.0. The van der Waals surface area contributed by atoms with Crippen molar-refractivity contribution in [3.63, 3.8) is 0 Å². The lowest BCUT2D eigenvalue weighted by Gasteiger charge is -2.09. The fourth-order valence-corrected chi connectivity index (χ4v) is 3.02. The molecule has 0 aliphatic heterocycles. The van der Waals surface area contributed by atoms with Gasteiger partial charge < -0.3 is 23.4 Å². The minimum absolute atomic E-state index is 0.143. The van der Waals surface area contributed by atoms with Crippen LogP contribution in [-0.2, 0) is 20.9 Å². The van der Waals surface area contributed by atoms with E-state index < -0.39 is 17.7 Å². The number of fused-ring (bicyclic) bond motifs is 1. The van der Waals surface area contributed by atoms with Gasteiger partial charge in [0.05, 0.1) is 20.8 Å². The maximum atomic E-state index is 12.2. The zero-order valence-electron chi connectivity index (χ0n) is 18.4. The molecule has 0 spiro atoms. The molecule has 172 valence electrons. The number of amides is 1. The lowest BCUT2D eigenvalue weighted by atomic mass is 10.1. The highest BCUT2D eigenvalue weighted by molar-refractivity contribution is 5.90. The summed E-state index contributed by atoms with van der Waals surface area (Å²) >= 11 is 0. The van der Waals surface area contributed by atoms with Crippen molar-refractivity contribution in [3.05, 3.63) is 70.1 Å². The molecule has 1 heterocycles. The van der Waals surface area contributed by atoms with Gasteiger partial charge in [-0.3, -0.25) is 5.32 Å². The second kappa shape index (κ2) is 10.9. The average molecular weight is 453 g/mol. The third-order valence-corrected chi connectivity index (χ3v) is 4.56. The number of hydrogen-bond acceptors (Lipinski definition) is 8. The highest BCUT2D eigenvalue weighted by Crippen LogP contribution is 2.26. The number of hydrogen-bond donors (Lipinski definition) is 1. The Morgan fingerprint density at radius 2 is 1.85 bits per heavy atom. The van der Waals surface area contributed by atoms with E-state index in [0.717, 1.165) is 0 Å². The van der Waals surface area contributed by atoms with Gasteiger partial charge in [-0.05, 0) is 37.3 Å². The van der Waals surface area contributed by atoms with Crippen molar-refractivity contribution < 1.29 is 33.0 Å². The normalized spacial score (nSPS) is 10.8. The van der Waals surface area contributed by atoms with Crippen molar-refractivity contribution in [1.29, 1.82) is 0 Å². The van der Waals surface area contributed by atoms with Gasteiger partial charge in [0.25, 0.3) is 0 Å². The molecule has 0 atom stereocenters. The van der Waals surface area contributed by atoms with Crippen LogP contribution in [0.2, 0.25) is 0 Å². The number of esters is 1. The summed E-state index contributed by atoms with van der Waals surface area (Å²) in [4.78, 5) is 35.8. The smallest absolute Gasteiger partial charge is 0.411 e. The molecule has 1 aromatic heterocycles. The summed E-state index contributed by atoms with van der Waals surface area (Å²) in [6.45, 7) is 1.77. The molecule has 0 saturated carbocycles. The van der Waals surface area contributed by atoms with E-state index in [4.69, 9.17) is 23.4 Å². The Morgan fingerprint density at radius 1 is 1.03 bits per heavy atom. The van der Waals surface area contributed by atoms with Crippen LogP contribution in [0.25, 0.3) is 17.0 Å². The Kier molecular flexibility index (Phi) is 7.69. The van der Waals surface area contributed by atoms with Crippen molar-refractivity contribution in [2.75, 3.05) is 26.1 Å². The maximum absolute atomic E-state index is 12.2. The number of ether oxygens (including phenoxy) is 4. The summed E-state index contributed by atoms with van der Waals surface area (Å²) < 4.78 is 25.8. The molecule has 0 fully saturated rings. The average Bonchev–Trinajstić information content (AvgIpc) is 2.80. The summed E-state index contributed by atoms with van der Waals surface area (Å²) in [5.74, 6) is 0.564. The Hall–Kier alpha value is -4.27.